The van der Waals surface area contributed by atoms with E-state index in [-0.39, 0.29) is 0 Å². The summed E-state index contributed by atoms with van der Waals surface area (Å²) in [6, 6.07) is 7.29. The van der Waals surface area contributed by atoms with Gasteiger partial charge in [0, 0.05) is 11.3 Å². The maximum atomic E-state index is 11.4. The van der Waals surface area contributed by atoms with Gasteiger partial charge < -0.3 is 10.8 Å². The lowest BCUT2D eigenvalue weighted by Gasteiger charge is -2.14. The maximum Gasteiger partial charge on any atom is 0.331 e. The summed E-state index contributed by atoms with van der Waals surface area (Å²) in [5.74, 6) is -0.372. The molecule has 0 aromatic heterocycles. The van der Waals surface area contributed by atoms with E-state index in [2.05, 4.69) is 13.8 Å². The molecule has 20 heavy (non-hydrogen) atoms. The number of nitrogens with two attached hydrogens (primary N) is 1. The van der Waals surface area contributed by atoms with Gasteiger partial charge in [-0.15, -0.1) is 0 Å². The summed E-state index contributed by atoms with van der Waals surface area (Å²) >= 11 is 0. The summed E-state index contributed by atoms with van der Waals surface area (Å²) < 4.78 is 0. The minimum atomic E-state index is -0.822. The van der Waals surface area contributed by atoms with Crippen LogP contribution in [-0.2, 0) is 4.79 Å². The van der Waals surface area contributed by atoms with Crippen molar-refractivity contribution < 1.29 is 9.90 Å². The first kappa shape index (κ1) is 16.3. The number of rotatable bonds is 8. The molecule has 0 saturated heterocycles. The van der Waals surface area contributed by atoms with Crippen LogP contribution < -0.4 is 5.73 Å². The third kappa shape index (κ3) is 5.47. The lowest BCUT2D eigenvalue weighted by atomic mass is 9.91. The molecule has 3 heteroatoms. The number of carboxylic acids is 1. The summed E-state index contributed by atoms with van der Waals surface area (Å²) in [4.78, 5) is 11.4. The fraction of sp³-hybridized carbons (Fsp3) is 0.471. The second kappa shape index (κ2) is 8.41. The molecule has 0 aliphatic heterocycles. The van der Waals surface area contributed by atoms with Crippen LogP contribution in [0.3, 0.4) is 0 Å². The van der Waals surface area contributed by atoms with E-state index < -0.39 is 5.97 Å². The molecule has 0 spiro atoms. The minimum absolute atomic E-state index is 0.450. The first-order chi connectivity index (χ1) is 9.56. The van der Waals surface area contributed by atoms with Crippen LogP contribution in [0.15, 0.2) is 29.8 Å². The Hall–Kier alpha value is -1.77. The van der Waals surface area contributed by atoms with E-state index in [0.717, 1.165) is 31.2 Å². The fourth-order valence-electron chi connectivity index (χ4n) is 2.26. The number of carbonyl (C=O) groups is 1. The van der Waals surface area contributed by atoms with Gasteiger partial charge in [-0.2, -0.15) is 0 Å². The van der Waals surface area contributed by atoms with E-state index in [0.29, 0.717) is 23.6 Å². The van der Waals surface area contributed by atoms with Gasteiger partial charge in [0.15, 0.2) is 0 Å². The molecule has 0 radical (unpaired) electrons. The summed E-state index contributed by atoms with van der Waals surface area (Å²) in [6.45, 7) is 4.29. The molecule has 0 heterocycles. The van der Waals surface area contributed by atoms with Gasteiger partial charge in [0.1, 0.15) is 0 Å². The minimum Gasteiger partial charge on any atom is -0.478 e. The van der Waals surface area contributed by atoms with Gasteiger partial charge in [0.05, 0.1) is 0 Å². The number of hydrogen-bond acceptors (Lipinski definition) is 2. The highest BCUT2D eigenvalue weighted by Crippen LogP contribution is 2.23. The molecule has 1 aromatic carbocycles. The Morgan fingerprint density at radius 1 is 1.30 bits per heavy atom. The van der Waals surface area contributed by atoms with E-state index in [1.807, 2.05) is 12.1 Å². The lowest BCUT2D eigenvalue weighted by molar-refractivity contribution is -0.132. The quantitative estimate of drug-likeness (QED) is 0.548. The number of carboxylic acid groups (broad SMARTS) is 1. The monoisotopic (exact) mass is 275 g/mol. The standard InChI is InChI=1S/C17H25NO2/c1-3-5-6-13(4-2)11-15(17(19)20)12-14-7-9-16(18)10-8-14/h7-10,12-13H,3-6,11,18H2,1-2H3,(H,19,20). The second-order valence-corrected chi connectivity index (χ2v) is 5.26. The molecule has 3 nitrogen and oxygen atoms in total. The molecule has 0 aliphatic rings. The van der Waals surface area contributed by atoms with Crippen LogP contribution >= 0.6 is 0 Å². The van der Waals surface area contributed by atoms with Crippen molar-refractivity contribution in [1.29, 1.82) is 0 Å². The largest absolute Gasteiger partial charge is 0.478 e. The molecule has 1 unspecified atom stereocenters. The van der Waals surface area contributed by atoms with Gasteiger partial charge in [-0.1, -0.05) is 51.7 Å². The van der Waals surface area contributed by atoms with Gasteiger partial charge in [-0.05, 0) is 36.1 Å². The number of hydrogen-bond donors (Lipinski definition) is 2. The number of nitrogen functional groups attached to an aromatic ring is 1. The Balaban J connectivity index is 2.82. The normalized spacial score (nSPS) is 13.2. The van der Waals surface area contributed by atoms with Crippen molar-refractivity contribution in [2.45, 2.75) is 46.0 Å². The molecule has 0 aliphatic carbocycles. The molecule has 0 amide bonds. The van der Waals surface area contributed by atoms with Crippen LogP contribution in [0.4, 0.5) is 5.69 Å². The van der Waals surface area contributed by atoms with E-state index in [4.69, 9.17) is 5.73 Å². The lowest BCUT2D eigenvalue weighted by Crippen LogP contribution is -2.08. The number of unbranched alkanes of at least 4 members (excludes halogenated alkanes) is 1. The van der Waals surface area contributed by atoms with Crippen LogP contribution in [0, 0.1) is 5.92 Å². The highest BCUT2D eigenvalue weighted by molar-refractivity contribution is 5.92. The summed E-state index contributed by atoms with van der Waals surface area (Å²) in [7, 11) is 0. The second-order valence-electron chi connectivity index (χ2n) is 5.26. The van der Waals surface area contributed by atoms with E-state index in [9.17, 15) is 9.90 Å². The van der Waals surface area contributed by atoms with Crippen LogP contribution in [0.5, 0.6) is 0 Å². The molecule has 1 atom stereocenters. The molecule has 110 valence electrons. The SMILES string of the molecule is CCCCC(CC)CC(=Cc1ccc(N)cc1)C(=O)O. The molecule has 3 N–H and O–H groups in total. The molecular formula is C17H25NO2. The number of aliphatic carboxylic acids is 1. The highest BCUT2D eigenvalue weighted by atomic mass is 16.4. The fourth-order valence-corrected chi connectivity index (χ4v) is 2.26. The molecule has 0 bridgehead atoms. The smallest absolute Gasteiger partial charge is 0.331 e. The van der Waals surface area contributed by atoms with Crippen molar-refractivity contribution in [3.05, 3.63) is 35.4 Å². The van der Waals surface area contributed by atoms with Gasteiger partial charge in [-0.3, -0.25) is 0 Å². The topological polar surface area (TPSA) is 63.3 Å². The van der Waals surface area contributed by atoms with Gasteiger partial charge in [-0.25, -0.2) is 4.79 Å². The predicted molar refractivity (Wildman–Crippen MR) is 84.4 cm³/mol. The first-order valence-corrected chi connectivity index (χ1v) is 7.36. The van der Waals surface area contributed by atoms with Gasteiger partial charge in [0.2, 0.25) is 0 Å². The Morgan fingerprint density at radius 3 is 2.45 bits per heavy atom. The predicted octanol–water partition coefficient (Wildman–Crippen LogP) is 4.34. The summed E-state index contributed by atoms with van der Waals surface area (Å²) in [5.41, 5.74) is 7.70. The highest BCUT2D eigenvalue weighted by Gasteiger charge is 2.14. The zero-order valence-electron chi connectivity index (χ0n) is 12.4. The summed E-state index contributed by atoms with van der Waals surface area (Å²) in [6.07, 6.45) is 6.83. The Kier molecular flexibility index (Phi) is 6.85. The van der Waals surface area contributed by atoms with Crippen LogP contribution in [-0.4, -0.2) is 11.1 Å². The van der Waals surface area contributed by atoms with Crippen molar-refractivity contribution in [2.75, 3.05) is 5.73 Å². The maximum absolute atomic E-state index is 11.4. The molecule has 1 aromatic rings. The van der Waals surface area contributed by atoms with Gasteiger partial charge in [0.25, 0.3) is 0 Å². The molecular weight excluding hydrogens is 250 g/mol. The number of benzene rings is 1. The van der Waals surface area contributed by atoms with Crippen molar-refractivity contribution >= 4 is 17.7 Å². The van der Waals surface area contributed by atoms with Crippen molar-refractivity contribution in [2.24, 2.45) is 5.92 Å². The number of anilines is 1. The van der Waals surface area contributed by atoms with E-state index in [1.54, 1.807) is 18.2 Å². The third-order valence-corrected chi connectivity index (χ3v) is 3.60. The first-order valence-electron chi connectivity index (χ1n) is 7.36. The van der Waals surface area contributed by atoms with Gasteiger partial charge >= 0.3 is 5.97 Å². The van der Waals surface area contributed by atoms with Crippen molar-refractivity contribution in [3.63, 3.8) is 0 Å². The van der Waals surface area contributed by atoms with Crippen LogP contribution in [0.25, 0.3) is 6.08 Å². The zero-order chi connectivity index (χ0) is 15.0. The van der Waals surface area contributed by atoms with Crippen molar-refractivity contribution in [1.82, 2.24) is 0 Å². The van der Waals surface area contributed by atoms with Crippen molar-refractivity contribution in [3.8, 4) is 0 Å². The van der Waals surface area contributed by atoms with Crippen LogP contribution in [0.2, 0.25) is 0 Å². The Morgan fingerprint density at radius 2 is 1.95 bits per heavy atom. The average molecular weight is 275 g/mol. The molecule has 0 fully saturated rings. The zero-order valence-corrected chi connectivity index (χ0v) is 12.4. The Labute approximate surface area is 121 Å². The molecule has 1 rings (SSSR count). The molecule has 0 saturated carbocycles. The summed E-state index contributed by atoms with van der Waals surface area (Å²) in [5, 5.41) is 9.37. The van der Waals surface area contributed by atoms with E-state index in [1.165, 1.54) is 0 Å². The average Bonchev–Trinajstić information content (AvgIpc) is 2.44. The Bertz CT molecular complexity index is 449. The third-order valence-electron chi connectivity index (χ3n) is 3.60. The van der Waals surface area contributed by atoms with E-state index >= 15 is 0 Å². The van der Waals surface area contributed by atoms with Crippen LogP contribution in [0.1, 0.15) is 51.5 Å².